The van der Waals surface area contributed by atoms with Gasteiger partial charge in [0, 0.05) is 16.6 Å². The third-order valence-corrected chi connectivity index (χ3v) is 3.40. The van der Waals surface area contributed by atoms with E-state index >= 15 is 0 Å². The van der Waals surface area contributed by atoms with Crippen LogP contribution in [0.1, 0.15) is 51.0 Å². The Hall–Kier alpha value is -0.240. The van der Waals surface area contributed by atoms with Crippen molar-refractivity contribution in [3.8, 4) is 0 Å². The molecule has 0 aliphatic rings. The van der Waals surface area contributed by atoms with E-state index in [0.717, 1.165) is 18.7 Å². The molecule has 0 unspecified atom stereocenters. The fraction of sp³-hybridized carbons (Fsp3) is 0.600. The van der Waals surface area contributed by atoms with Crippen LogP contribution in [0.5, 0.6) is 0 Å². The van der Waals surface area contributed by atoms with Gasteiger partial charge in [-0.05, 0) is 36.7 Å². The van der Waals surface area contributed by atoms with Crippen molar-refractivity contribution in [2.45, 2.75) is 52.0 Å². The average molecular weight is 288 g/mol. The third kappa shape index (κ3) is 7.25. The molecule has 0 aromatic heterocycles. The zero-order chi connectivity index (χ0) is 13.2. The molecular weight excluding hydrogens is 265 g/mol. The lowest BCUT2D eigenvalue weighted by atomic mass is 10.1. The molecule has 0 aliphatic heterocycles. The van der Waals surface area contributed by atoms with Crippen molar-refractivity contribution in [1.82, 2.24) is 5.32 Å². The first-order valence-corrected chi connectivity index (χ1v) is 7.63. The molecule has 1 aromatic rings. The van der Waals surface area contributed by atoms with Gasteiger partial charge in [-0.25, -0.2) is 0 Å². The lowest BCUT2D eigenvalue weighted by molar-refractivity contribution is 0.572. The van der Waals surface area contributed by atoms with Gasteiger partial charge in [0.05, 0.1) is 0 Å². The van der Waals surface area contributed by atoms with Crippen LogP contribution in [0.2, 0.25) is 10.0 Å². The molecule has 0 atom stereocenters. The quantitative estimate of drug-likeness (QED) is 0.596. The van der Waals surface area contributed by atoms with E-state index in [1.165, 1.54) is 38.5 Å². The van der Waals surface area contributed by atoms with Crippen molar-refractivity contribution >= 4 is 23.2 Å². The van der Waals surface area contributed by atoms with Crippen LogP contribution in [-0.2, 0) is 6.54 Å². The molecule has 102 valence electrons. The Bertz CT molecular complexity index is 319. The molecule has 0 aliphatic carbocycles. The van der Waals surface area contributed by atoms with E-state index < -0.39 is 0 Å². The number of halogens is 2. The summed E-state index contributed by atoms with van der Waals surface area (Å²) in [5.41, 5.74) is 1.15. The number of hydrogen-bond acceptors (Lipinski definition) is 1. The molecular formula is C15H23Cl2N. The van der Waals surface area contributed by atoms with Gasteiger partial charge >= 0.3 is 0 Å². The maximum atomic E-state index is 5.95. The normalized spacial score (nSPS) is 10.8. The summed E-state index contributed by atoms with van der Waals surface area (Å²) in [6.45, 7) is 4.16. The maximum Gasteiger partial charge on any atom is 0.0424 e. The number of rotatable bonds is 9. The molecule has 0 saturated heterocycles. The second-order valence-electron chi connectivity index (χ2n) is 4.72. The van der Waals surface area contributed by atoms with Gasteiger partial charge < -0.3 is 5.32 Å². The first kappa shape index (κ1) is 15.8. The predicted molar refractivity (Wildman–Crippen MR) is 81.5 cm³/mol. The Balaban J connectivity index is 2.07. The summed E-state index contributed by atoms with van der Waals surface area (Å²) < 4.78 is 0. The van der Waals surface area contributed by atoms with Crippen molar-refractivity contribution < 1.29 is 0 Å². The van der Waals surface area contributed by atoms with Crippen LogP contribution in [0.15, 0.2) is 18.2 Å². The molecule has 0 amide bonds. The largest absolute Gasteiger partial charge is 0.313 e. The van der Waals surface area contributed by atoms with Gasteiger partial charge in [-0.2, -0.15) is 0 Å². The van der Waals surface area contributed by atoms with Crippen molar-refractivity contribution in [1.29, 1.82) is 0 Å². The highest BCUT2D eigenvalue weighted by Crippen LogP contribution is 2.18. The highest BCUT2D eigenvalue weighted by atomic mass is 35.5. The number of unbranched alkanes of at least 4 members (excludes halogenated alkanes) is 5. The molecule has 0 fully saturated rings. The molecule has 0 radical (unpaired) electrons. The van der Waals surface area contributed by atoms with Gasteiger partial charge in [0.25, 0.3) is 0 Å². The highest BCUT2D eigenvalue weighted by molar-refractivity contribution is 6.34. The smallest absolute Gasteiger partial charge is 0.0424 e. The van der Waals surface area contributed by atoms with Crippen LogP contribution < -0.4 is 5.32 Å². The average Bonchev–Trinajstić information content (AvgIpc) is 2.31. The van der Waals surface area contributed by atoms with Crippen LogP contribution in [0.3, 0.4) is 0 Å². The van der Waals surface area contributed by atoms with Gasteiger partial charge in [-0.15, -0.1) is 0 Å². The summed E-state index contributed by atoms with van der Waals surface area (Å²) in [6.07, 6.45) is 7.99. The van der Waals surface area contributed by atoms with Crippen molar-refractivity contribution in [2.75, 3.05) is 6.54 Å². The number of benzene rings is 1. The fourth-order valence-electron chi connectivity index (χ4n) is 1.98. The maximum absolute atomic E-state index is 5.95. The Labute approximate surface area is 121 Å². The van der Waals surface area contributed by atoms with E-state index in [1.54, 1.807) is 6.07 Å². The second-order valence-corrected chi connectivity index (χ2v) is 5.60. The van der Waals surface area contributed by atoms with Gasteiger partial charge in [-0.1, -0.05) is 62.2 Å². The van der Waals surface area contributed by atoms with E-state index in [9.17, 15) is 0 Å². The second kappa shape index (κ2) is 9.66. The molecule has 3 heteroatoms. The van der Waals surface area contributed by atoms with Crippen LogP contribution in [-0.4, -0.2) is 6.54 Å². The Kier molecular flexibility index (Phi) is 8.49. The van der Waals surface area contributed by atoms with E-state index in [2.05, 4.69) is 12.2 Å². The van der Waals surface area contributed by atoms with E-state index in [4.69, 9.17) is 23.2 Å². The molecule has 1 aromatic carbocycles. The van der Waals surface area contributed by atoms with Crippen LogP contribution >= 0.6 is 23.2 Å². The lowest BCUT2D eigenvalue weighted by Gasteiger charge is -2.06. The minimum absolute atomic E-state index is 0.707. The Morgan fingerprint density at radius 2 is 1.50 bits per heavy atom. The van der Waals surface area contributed by atoms with E-state index in [-0.39, 0.29) is 0 Å². The Morgan fingerprint density at radius 1 is 0.889 bits per heavy atom. The van der Waals surface area contributed by atoms with Gasteiger partial charge in [-0.3, -0.25) is 0 Å². The molecule has 1 nitrogen and oxygen atoms in total. The molecule has 0 bridgehead atoms. The Morgan fingerprint density at radius 3 is 2.17 bits per heavy atom. The molecule has 0 saturated carbocycles. The summed E-state index contributed by atoms with van der Waals surface area (Å²) in [6, 6.07) is 5.68. The van der Waals surface area contributed by atoms with Crippen molar-refractivity contribution in [2.24, 2.45) is 0 Å². The summed E-state index contributed by atoms with van der Waals surface area (Å²) in [5.74, 6) is 0. The lowest BCUT2D eigenvalue weighted by Crippen LogP contribution is -2.14. The fourth-order valence-corrected chi connectivity index (χ4v) is 2.55. The summed E-state index contributed by atoms with van der Waals surface area (Å²) in [5, 5.41) is 4.84. The van der Waals surface area contributed by atoms with E-state index in [1.807, 2.05) is 12.1 Å². The van der Waals surface area contributed by atoms with Gasteiger partial charge in [0.15, 0.2) is 0 Å². The molecule has 1 rings (SSSR count). The van der Waals surface area contributed by atoms with Crippen LogP contribution in [0.4, 0.5) is 0 Å². The molecule has 0 spiro atoms. The van der Waals surface area contributed by atoms with Gasteiger partial charge in [0.1, 0.15) is 0 Å². The van der Waals surface area contributed by atoms with Crippen LogP contribution in [0, 0.1) is 0 Å². The first-order valence-electron chi connectivity index (χ1n) is 6.88. The number of nitrogens with one attached hydrogen (secondary N) is 1. The molecule has 0 heterocycles. The predicted octanol–water partition coefficient (Wildman–Crippen LogP) is 5.44. The minimum Gasteiger partial charge on any atom is -0.313 e. The van der Waals surface area contributed by atoms with E-state index in [0.29, 0.717) is 10.0 Å². The zero-order valence-electron chi connectivity index (χ0n) is 11.1. The number of hydrogen-bond donors (Lipinski definition) is 1. The van der Waals surface area contributed by atoms with Gasteiger partial charge in [0.2, 0.25) is 0 Å². The SMILES string of the molecule is CCCCCCCCNCc1cc(Cl)cc(Cl)c1. The minimum atomic E-state index is 0.707. The highest BCUT2D eigenvalue weighted by Gasteiger charge is 1.98. The third-order valence-electron chi connectivity index (χ3n) is 2.96. The first-order chi connectivity index (χ1) is 8.72. The summed E-state index contributed by atoms with van der Waals surface area (Å²) >= 11 is 11.9. The molecule has 18 heavy (non-hydrogen) atoms. The topological polar surface area (TPSA) is 12.0 Å². The van der Waals surface area contributed by atoms with Crippen molar-refractivity contribution in [3.05, 3.63) is 33.8 Å². The van der Waals surface area contributed by atoms with Crippen LogP contribution in [0.25, 0.3) is 0 Å². The van der Waals surface area contributed by atoms with Crippen molar-refractivity contribution in [3.63, 3.8) is 0 Å². The standard InChI is InChI=1S/C15H23Cl2N/c1-2-3-4-5-6-7-8-18-12-13-9-14(16)11-15(17)10-13/h9-11,18H,2-8,12H2,1H3. The zero-order valence-corrected chi connectivity index (χ0v) is 12.7. The summed E-state index contributed by atoms with van der Waals surface area (Å²) in [7, 11) is 0. The summed E-state index contributed by atoms with van der Waals surface area (Å²) in [4.78, 5) is 0. The monoisotopic (exact) mass is 287 g/mol. The molecule has 1 N–H and O–H groups in total.